The molecule has 5 N–H and O–H groups in total. The van der Waals surface area contributed by atoms with E-state index in [9.17, 15) is 19.2 Å². The Morgan fingerprint density at radius 1 is 0.857 bits per heavy atom. The fraction of sp³-hybridized carbons (Fsp3) is 0.421. The van der Waals surface area contributed by atoms with Crippen LogP contribution in [0.3, 0.4) is 0 Å². The van der Waals surface area contributed by atoms with Crippen LogP contribution in [0, 0.1) is 12.8 Å². The smallest absolute Gasteiger partial charge is 0.408 e. The van der Waals surface area contributed by atoms with Crippen LogP contribution in [0.4, 0.5) is 4.79 Å². The third-order valence-electron chi connectivity index (χ3n) is 8.59. The summed E-state index contributed by atoms with van der Waals surface area (Å²) in [7, 11) is 0. The summed E-state index contributed by atoms with van der Waals surface area (Å²) >= 11 is 0. The van der Waals surface area contributed by atoms with Crippen molar-refractivity contribution < 1.29 is 33.8 Å². The third kappa shape index (κ3) is 13.3. The van der Waals surface area contributed by atoms with Crippen molar-refractivity contribution in [3.63, 3.8) is 0 Å². The summed E-state index contributed by atoms with van der Waals surface area (Å²) < 4.78 is 11.3. The lowest BCUT2D eigenvalue weighted by molar-refractivity contribution is -0.137. The summed E-state index contributed by atoms with van der Waals surface area (Å²) in [5.74, 6) is -0.455. The number of unbranched alkanes of at least 4 members (excludes halogenated alkanes) is 1. The van der Waals surface area contributed by atoms with Crippen molar-refractivity contribution in [3.05, 3.63) is 101 Å². The number of carboxylic acid groups (broad SMARTS) is 1. The highest BCUT2D eigenvalue weighted by Crippen LogP contribution is 2.19. The zero-order chi connectivity index (χ0) is 34.8. The lowest BCUT2D eigenvalue weighted by atomic mass is 10.0. The second-order valence-corrected chi connectivity index (χ2v) is 12.5. The molecule has 262 valence electrons. The van der Waals surface area contributed by atoms with E-state index in [-0.39, 0.29) is 31.9 Å². The molecule has 0 spiro atoms. The summed E-state index contributed by atoms with van der Waals surface area (Å²) in [4.78, 5) is 51.1. The van der Waals surface area contributed by atoms with Crippen molar-refractivity contribution in [2.75, 3.05) is 19.7 Å². The summed E-state index contributed by atoms with van der Waals surface area (Å²) in [6, 6.07) is 22.7. The molecule has 0 saturated carbocycles. The van der Waals surface area contributed by atoms with Gasteiger partial charge < -0.3 is 35.8 Å². The molecule has 1 aliphatic rings. The molecule has 11 heteroatoms. The van der Waals surface area contributed by atoms with Crippen LogP contribution >= 0.6 is 0 Å². The molecule has 49 heavy (non-hydrogen) atoms. The molecule has 1 fully saturated rings. The molecule has 1 aliphatic heterocycles. The first-order valence-electron chi connectivity index (χ1n) is 17.0. The summed E-state index contributed by atoms with van der Waals surface area (Å²) in [5, 5.41) is 20.8. The molecule has 1 saturated heterocycles. The van der Waals surface area contributed by atoms with Gasteiger partial charge in [0.15, 0.2) is 0 Å². The van der Waals surface area contributed by atoms with Crippen LogP contribution in [-0.4, -0.2) is 60.8 Å². The molecular weight excluding hydrogens is 624 g/mol. The number of nitrogens with one attached hydrogen (secondary N) is 4. The van der Waals surface area contributed by atoms with Crippen LogP contribution < -0.4 is 26.0 Å². The fourth-order valence-electron chi connectivity index (χ4n) is 5.43. The van der Waals surface area contributed by atoms with Crippen molar-refractivity contribution in [3.8, 4) is 5.75 Å². The van der Waals surface area contributed by atoms with Crippen molar-refractivity contribution in [1.29, 1.82) is 0 Å². The van der Waals surface area contributed by atoms with Gasteiger partial charge in [0, 0.05) is 13.0 Å². The van der Waals surface area contributed by atoms with Gasteiger partial charge >= 0.3 is 12.1 Å². The summed E-state index contributed by atoms with van der Waals surface area (Å²) in [5.41, 5.74) is 3.71. The SMILES string of the molecule is Cc1ccc(OCCC2CNC2)cc1CNC(=O)[C@H](CCc1ccccc1)NC(=O)[C@H](CCCCC(=O)O)NC(=O)OCc1ccccc1. The van der Waals surface area contributed by atoms with E-state index in [4.69, 9.17) is 14.6 Å². The highest BCUT2D eigenvalue weighted by Gasteiger charge is 2.27. The van der Waals surface area contributed by atoms with Gasteiger partial charge in [-0.3, -0.25) is 14.4 Å². The lowest BCUT2D eigenvalue weighted by Gasteiger charge is -2.26. The van der Waals surface area contributed by atoms with Crippen LogP contribution in [-0.2, 0) is 38.7 Å². The molecule has 11 nitrogen and oxygen atoms in total. The number of hydrogen-bond donors (Lipinski definition) is 5. The molecule has 3 amide bonds. The molecule has 2 atom stereocenters. The molecule has 0 unspecified atom stereocenters. The molecule has 4 rings (SSSR count). The molecule has 0 radical (unpaired) electrons. The standard InChI is InChI=1S/C38H48N4O7/c1-27-16-18-32(48-21-20-30-23-39-24-30)22-31(27)25-40-36(45)34(19-17-28-10-4-2-5-11-28)41-37(46)33(14-8-9-15-35(43)44)42-38(47)49-26-29-12-6-3-7-13-29/h2-7,10-13,16,18,22,30,33-34,39H,8-9,14-15,17,19-21,23-26H2,1H3,(H,40,45)(H,41,46)(H,42,47)(H,43,44)/t33-,34-/m0/s1. The monoisotopic (exact) mass is 672 g/mol. The van der Waals surface area contributed by atoms with Gasteiger partial charge in [-0.1, -0.05) is 73.2 Å². The average Bonchev–Trinajstić information content (AvgIpc) is 3.08. The fourth-order valence-corrected chi connectivity index (χ4v) is 5.43. The number of ether oxygens (including phenoxy) is 2. The quantitative estimate of drug-likeness (QED) is 0.109. The van der Waals surface area contributed by atoms with E-state index < -0.39 is 30.1 Å². The Hall–Kier alpha value is -4.90. The van der Waals surface area contributed by atoms with E-state index in [2.05, 4.69) is 21.3 Å². The maximum absolute atomic E-state index is 13.7. The van der Waals surface area contributed by atoms with Gasteiger partial charge in [-0.25, -0.2) is 4.79 Å². The van der Waals surface area contributed by atoms with Crippen LogP contribution in [0.2, 0.25) is 0 Å². The number of aryl methyl sites for hydroxylation is 2. The van der Waals surface area contributed by atoms with Gasteiger partial charge in [0.1, 0.15) is 24.4 Å². The first kappa shape index (κ1) is 36.9. The largest absolute Gasteiger partial charge is 0.494 e. The van der Waals surface area contributed by atoms with Gasteiger partial charge in [-0.2, -0.15) is 0 Å². The Morgan fingerprint density at radius 3 is 2.22 bits per heavy atom. The maximum Gasteiger partial charge on any atom is 0.408 e. The highest BCUT2D eigenvalue weighted by atomic mass is 16.5. The van der Waals surface area contributed by atoms with Crippen molar-refractivity contribution >= 4 is 23.9 Å². The number of amides is 3. The topological polar surface area (TPSA) is 155 Å². The zero-order valence-electron chi connectivity index (χ0n) is 28.1. The molecule has 3 aromatic carbocycles. The van der Waals surface area contributed by atoms with E-state index in [1.165, 1.54) is 0 Å². The average molecular weight is 673 g/mol. The van der Waals surface area contributed by atoms with E-state index in [1.807, 2.05) is 85.8 Å². The van der Waals surface area contributed by atoms with E-state index in [0.29, 0.717) is 38.2 Å². The molecular formula is C38H48N4O7. The van der Waals surface area contributed by atoms with E-state index in [0.717, 1.165) is 47.5 Å². The minimum atomic E-state index is -1.03. The van der Waals surface area contributed by atoms with Crippen LogP contribution in [0.15, 0.2) is 78.9 Å². The Labute approximate surface area is 288 Å². The Bertz CT molecular complexity index is 1500. The van der Waals surface area contributed by atoms with Gasteiger partial charge in [-0.15, -0.1) is 0 Å². The number of carbonyl (C=O) groups is 4. The Kier molecular flexibility index (Phi) is 14.9. The highest BCUT2D eigenvalue weighted by molar-refractivity contribution is 5.91. The van der Waals surface area contributed by atoms with Crippen LogP contribution in [0.25, 0.3) is 0 Å². The second-order valence-electron chi connectivity index (χ2n) is 12.5. The van der Waals surface area contributed by atoms with Crippen molar-refractivity contribution in [2.24, 2.45) is 5.92 Å². The van der Waals surface area contributed by atoms with Crippen LogP contribution in [0.1, 0.15) is 60.8 Å². The number of aliphatic carboxylic acids is 1. The summed E-state index contributed by atoms with van der Waals surface area (Å²) in [6.07, 6.45) is 1.88. The normalized spacial score (nSPS) is 13.7. The number of hydrogen-bond acceptors (Lipinski definition) is 7. The number of benzene rings is 3. The second kappa shape index (κ2) is 19.8. The number of carbonyl (C=O) groups excluding carboxylic acids is 3. The zero-order valence-corrected chi connectivity index (χ0v) is 28.1. The molecule has 1 heterocycles. The molecule has 0 aromatic heterocycles. The number of alkyl carbamates (subject to hydrolysis) is 1. The van der Waals surface area contributed by atoms with Gasteiger partial charge in [0.05, 0.1) is 6.61 Å². The first-order valence-corrected chi connectivity index (χ1v) is 17.0. The predicted molar refractivity (Wildman–Crippen MR) is 186 cm³/mol. The van der Waals surface area contributed by atoms with E-state index in [1.54, 1.807) is 0 Å². The minimum absolute atomic E-state index is 0.0196. The van der Waals surface area contributed by atoms with Gasteiger partial charge in [0.25, 0.3) is 0 Å². The first-order chi connectivity index (χ1) is 23.8. The Balaban J connectivity index is 1.40. The lowest BCUT2D eigenvalue weighted by Crippen LogP contribution is -2.53. The third-order valence-corrected chi connectivity index (χ3v) is 8.59. The van der Waals surface area contributed by atoms with Gasteiger partial charge in [0.2, 0.25) is 11.8 Å². The maximum atomic E-state index is 13.7. The molecule has 0 aliphatic carbocycles. The van der Waals surface area contributed by atoms with Crippen molar-refractivity contribution in [1.82, 2.24) is 21.3 Å². The number of carboxylic acids is 1. The Morgan fingerprint density at radius 2 is 1.55 bits per heavy atom. The van der Waals surface area contributed by atoms with Gasteiger partial charge in [-0.05, 0) is 92.4 Å². The summed E-state index contributed by atoms with van der Waals surface area (Å²) in [6.45, 7) is 4.91. The van der Waals surface area contributed by atoms with Crippen LogP contribution in [0.5, 0.6) is 5.75 Å². The number of rotatable bonds is 20. The van der Waals surface area contributed by atoms with E-state index >= 15 is 0 Å². The predicted octanol–water partition coefficient (Wildman–Crippen LogP) is 4.66. The molecule has 0 bridgehead atoms. The molecule has 3 aromatic rings. The minimum Gasteiger partial charge on any atom is -0.494 e. The van der Waals surface area contributed by atoms with Crippen molar-refractivity contribution in [2.45, 2.75) is 77.1 Å².